The van der Waals surface area contributed by atoms with Gasteiger partial charge in [-0.05, 0) is 48.7 Å². The average Bonchev–Trinajstić information content (AvgIpc) is 2.63. The zero-order chi connectivity index (χ0) is 18.1. The van der Waals surface area contributed by atoms with Crippen LogP contribution in [-0.4, -0.2) is 25.2 Å². The SMILES string of the molecule is CCc1ccc(OCCNC(=O)[C@@H](CC)Oc2cccc(Cl)c2)cc1. The van der Waals surface area contributed by atoms with Crippen molar-refractivity contribution in [2.75, 3.05) is 13.2 Å². The molecule has 1 N–H and O–H groups in total. The molecule has 0 unspecified atom stereocenters. The fourth-order valence-electron chi connectivity index (χ4n) is 2.31. The van der Waals surface area contributed by atoms with Crippen molar-refractivity contribution in [2.24, 2.45) is 0 Å². The molecule has 0 radical (unpaired) electrons. The first-order valence-electron chi connectivity index (χ1n) is 8.54. The van der Waals surface area contributed by atoms with Gasteiger partial charge in [-0.25, -0.2) is 0 Å². The number of aryl methyl sites for hydroxylation is 1. The standard InChI is InChI=1S/C20H24ClNO3/c1-3-15-8-10-17(11-9-15)24-13-12-22-20(23)19(4-2)25-18-7-5-6-16(21)14-18/h5-11,14,19H,3-4,12-13H2,1-2H3,(H,22,23)/t19-/m1/s1. The molecule has 2 aromatic carbocycles. The number of hydrogen-bond acceptors (Lipinski definition) is 3. The number of nitrogens with one attached hydrogen (secondary N) is 1. The monoisotopic (exact) mass is 361 g/mol. The van der Waals surface area contributed by atoms with E-state index >= 15 is 0 Å². The molecule has 0 saturated heterocycles. The van der Waals surface area contributed by atoms with Gasteiger partial charge in [0.1, 0.15) is 18.1 Å². The zero-order valence-electron chi connectivity index (χ0n) is 14.6. The molecule has 2 aromatic rings. The molecular weight excluding hydrogens is 338 g/mol. The lowest BCUT2D eigenvalue weighted by Gasteiger charge is -2.17. The Hall–Kier alpha value is -2.20. The first-order valence-corrected chi connectivity index (χ1v) is 8.91. The van der Waals surface area contributed by atoms with Crippen molar-refractivity contribution < 1.29 is 14.3 Å². The van der Waals surface area contributed by atoms with Crippen LogP contribution in [0.3, 0.4) is 0 Å². The van der Waals surface area contributed by atoms with Gasteiger partial charge in [0.05, 0.1) is 6.54 Å². The molecule has 0 saturated carbocycles. The number of carbonyl (C=O) groups excluding carboxylic acids is 1. The van der Waals surface area contributed by atoms with E-state index in [1.54, 1.807) is 24.3 Å². The second kappa shape index (κ2) is 9.94. The summed E-state index contributed by atoms with van der Waals surface area (Å²) in [6.07, 6.45) is 1.02. The number of benzene rings is 2. The Balaban J connectivity index is 1.75. The van der Waals surface area contributed by atoms with E-state index in [1.165, 1.54) is 5.56 Å². The summed E-state index contributed by atoms with van der Waals surface area (Å²) in [6, 6.07) is 15.0. The molecule has 25 heavy (non-hydrogen) atoms. The zero-order valence-corrected chi connectivity index (χ0v) is 15.4. The highest BCUT2D eigenvalue weighted by molar-refractivity contribution is 6.30. The molecule has 0 aliphatic rings. The van der Waals surface area contributed by atoms with Crippen LogP contribution in [0, 0.1) is 0 Å². The number of amides is 1. The van der Waals surface area contributed by atoms with E-state index in [1.807, 2.05) is 31.2 Å². The Morgan fingerprint density at radius 3 is 2.52 bits per heavy atom. The van der Waals surface area contributed by atoms with Gasteiger partial charge in [0.25, 0.3) is 5.91 Å². The number of rotatable bonds is 9. The molecule has 134 valence electrons. The van der Waals surface area contributed by atoms with E-state index in [0.29, 0.717) is 30.3 Å². The van der Waals surface area contributed by atoms with Crippen LogP contribution in [0.4, 0.5) is 0 Å². The van der Waals surface area contributed by atoms with E-state index in [2.05, 4.69) is 12.2 Å². The normalized spacial score (nSPS) is 11.6. The Morgan fingerprint density at radius 1 is 1.12 bits per heavy atom. The van der Waals surface area contributed by atoms with Gasteiger partial charge in [0.15, 0.2) is 6.10 Å². The lowest BCUT2D eigenvalue weighted by Crippen LogP contribution is -2.39. The summed E-state index contributed by atoms with van der Waals surface area (Å²) in [5.41, 5.74) is 1.27. The minimum absolute atomic E-state index is 0.160. The molecule has 0 aliphatic heterocycles. The third kappa shape index (κ3) is 6.31. The van der Waals surface area contributed by atoms with E-state index in [4.69, 9.17) is 21.1 Å². The molecule has 0 spiro atoms. The molecule has 4 nitrogen and oxygen atoms in total. The lowest BCUT2D eigenvalue weighted by atomic mass is 10.2. The van der Waals surface area contributed by atoms with Crippen molar-refractivity contribution in [3.05, 3.63) is 59.1 Å². The Labute approximate surface area is 154 Å². The van der Waals surface area contributed by atoms with Crippen LogP contribution in [-0.2, 0) is 11.2 Å². The van der Waals surface area contributed by atoms with Crippen LogP contribution in [0.5, 0.6) is 11.5 Å². The predicted molar refractivity (Wildman–Crippen MR) is 100 cm³/mol. The van der Waals surface area contributed by atoms with Gasteiger partial charge in [0, 0.05) is 5.02 Å². The second-order valence-corrected chi connectivity index (χ2v) is 6.05. The van der Waals surface area contributed by atoms with Gasteiger partial charge in [-0.15, -0.1) is 0 Å². The molecule has 5 heteroatoms. The number of halogens is 1. The molecule has 0 bridgehead atoms. The summed E-state index contributed by atoms with van der Waals surface area (Å²) in [5.74, 6) is 1.22. The first kappa shape index (κ1) is 19.1. The average molecular weight is 362 g/mol. The van der Waals surface area contributed by atoms with E-state index in [9.17, 15) is 4.79 Å². The third-order valence-electron chi connectivity index (χ3n) is 3.74. The smallest absolute Gasteiger partial charge is 0.261 e. The van der Waals surface area contributed by atoms with E-state index in [0.717, 1.165) is 12.2 Å². The topological polar surface area (TPSA) is 47.6 Å². The Kier molecular flexibility index (Phi) is 7.61. The van der Waals surface area contributed by atoms with Crippen LogP contribution < -0.4 is 14.8 Å². The van der Waals surface area contributed by atoms with E-state index in [-0.39, 0.29) is 5.91 Å². The highest BCUT2D eigenvalue weighted by atomic mass is 35.5. The summed E-state index contributed by atoms with van der Waals surface area (Å²) in [4.78, 5) is 12.2. The summed E-state index contributed by atoms with van der Waals surface area (Å²) in [7, 11) is 0. The Bertz CT molecular complexity index is 673. The summed E-state index contributed by atoms with van der Waals surface area (Å²) in [6.45, 7) is 4.84. The van der Waals surface area contributed by atoms with Gasteiger partial charge >= 0.3 is 0 Å². The van der Waals surface area contributed by atoms with E-state index < -0.39 is 6.10 Å². The van der Waals surface area contributed by atoms with Crippen molar-refractivity contribution in [1.29, 1.82) is 0 Å². The number of hydrogen-bond donors (Lipinski definition) is 1. The minimum atomic E-state index is -0.553. The highest BCUT2D eigenvalue weighted by Gasteiger charge is 2.17. The van der Waals surface area contributed by atoms with Gasteiger partial charge in [-0.3, -0.25) is 4.79 Å². The van der Waals surface area contributed by atoms with Crippen LogP contribution in [0.2, 0.25) is 5.02 Å². The van der Waals surface area contributed by atoms with Crippen molar-refractivity contribution in [3.8, 4) is 11.5 Å². The maximum Gasteiger partial charge on any atom is 0.261 e. The lowest BCUT2D eigenvalue weighted by molar-refractivity contribution is -0.128. The maximum atomic E-state index is 12.2. The number of carbonyl (C=O) groups is 1. The Morgan fingerprint density at radius 2 is 1.88 bits per heavy atom. The van der Waals surface area contributed by atoms with Crippen molar-refractivity contribution in [1.82, 2.24) is 5.32 Å². The predicted octanol–water partition coefficient (Wildman–Crippen LogP) is 4.26. The molecule has 0 heterocycles. The fraction of sp³-hybridized carbons (Fsp3) is 0.350. The maximum absolute atomic E-state index is 12.2. The molecular formula is C20H24ClNO3. The second-order valence-electron chi connectivity index (χ2n) is 5.61. The quantitative estimate of drug-likeness (QED) is 0.679. The van der Waals surface area contributed by atoms with Crippen LogP contribution >= 0.6 is 11.6 Å². The van der Waals surface area contributed by atoms with Gasteiger partial charge < -0.3 is 14.8 Å². The third-order valence-corrected chi connectivity index (χ3v) is 3.97. The van der Waals surface area contributed by atoms with Crippen LogP contribution in [0.25, 0.3) is 0 Å². The molecule has 0 aromatic heterocycles. The number of ether oxygens (including phenoxy) is 2. The minimum Gasteiger partial charge on any atom is -0.492 e. The summed E-state index contributed by atoms with van der Waals surface area (Å²) < 4.78 is 11.3. The summed E-state index contributed by atoms with van der Waals surface area (Å²) in [5, 5.41) is 3.42. The molecule has 0 fully saturated rings. The van der Waals surface area contributed by atoms with Crippen molar-refractivity contribution >= 4 is 17.5 Å². The van der Waals surface area contributed by atoms with Gasteiger partial charge in [-0.2, -0.15) is 0 Å². The highest BCUT2D eigenvalue weighted by Crippen LogP contribution is 2.19. The van der Waals surface area contributed by atoms with Gasteiger partial charge in [-0.1, -0.05) is 43.6 Å². The molecule has 0 aliphatic carbocycles. The van der Waals surface area contributed by atoms with Crippen molar-refractivity contribution in [3.63, 3.8) is 0 Å². The fourth-order valence-corrected chi connectivity index (χ4v) is 2.49. The summed E-state index contributed by atoms with van der Waals surface area (Å²) >= 11 is 5.93. The van der Waals surface area contributed by atoms with Crippen LogP contribution in [0.15, 0.2) is 48.5 Å². The molecule has 1 amide bonds. The largest absolute Gasteiger partial charge is 0.492 e. The first-order chi connectivity index (χ1) is 12.1. The molecule has 1 atom stereocenters. The van der Waals surface area contributed by atoms with Gasteiger partial charge in [0.2, 0.25) is 0 Å². The molecule has 2 rings (SSSR count). The van der Waals surface area contributed by atoms with Crippen LogP contribution in [0.1, 0.15) is 25.8 Å². The van der Waals surface area contributed by atoms with Crippen molar-refractivity contribution in [2.45, 2.75) is 32.8 Å².